The van der Waals surface area contributed by atoms with Gasteiger partial charge in [0.1, 0.15) is 5.82 Å². The van der Waals surface area contributed by atoms with Gasteiger partial charge in [0.15, 0.2) is 0 Å². The summed E-state index contributed by atoms with van der Waals surface area (Å²) >= 11 is 5.96. The monoisotopic (exact) mass is 303 g/mol. The third-order valence-electron chi connectivity index (χ3n) is 2.85. The number of carbonyl (C=O) groups excluding carboxylic acids is 2. The van der Waals surface area contributed by atoms with Crippen molar-refractivity contribution < 1.29 is 9.59 Å². The summed E-state index contributed by atoms with van der Waals surface area (Å²) in [4.78, 5) is 27.8. The third-order valence-corrected chi connectivity index (χ3v) is 3.26. The second kappa shape index (κ2) is 6.37. The fraction of sp³-hybridized carbons (Fsp3) is 0.133. The van der Waals surface area contributed by atoms with Gasteiger partial charge in [0.05, 0.1) is 0 Å². The molecule has 6 heteroatoms. The quantitative estimate of drug-likeness (QED) is 0.838. The Kier molecular flexibility index (Phi) is 4.55. The molecule has 0 unspecified atom stereocenters. The van der Waals surface area contributed by atoms with E-state index in [0.29, 0.717) is 22.1 Å². The summed E-state index contributed by atoms with van der Waals surface area (Å²) in [7, 11) is 0. The van der Waals surface area contributed by atoms with Crippen molar-refractivity contribution in [1.82, 2.24) is 4.98 Å². The van der Waals surface area contributed by atoms with Crippen LogP contribution in [0.5, 0.6) is 0 Å². The Labute approximate surface area is 127 Å². The molecule has 0 saturated carbocycles. The number of pyridine rings is 1. The number of halogens is 1. The van der Waals surface area contributed by atoms with Crippen molar-refractivity contribution in [3.63, 3.8) is 0 Å². The molecule has 1 aromatic heterocycles. The van der Waals surface area contributed by atoms with Crippen LogP contribution >= 0.6 is 11.6 Å². The molecule has 5 nitrogen and oxygen atoms in total. The standard InChI is InChI=1S/C15H14ClN3O2/c1-9-5-3-8-13(17-9)19-15(21)14(20)18-12-7-4-6-11(16)10(12)2/h3-8H,1-2H3,(H,18,20)(H,17,19,21). The van der Waals surface area contributed by atoms with E-state index in [1.165, 1.54) is 0 Å². The molecular formula is C15H14ClN3O2. The van der Waals surface area contributed by atoms with Crippen LogP contribution in [0.2, 0.25) is 5.02 Å². The van der Waals surface area contributed by atoms with Crippen LogP contribution in [-0.4, -0.2) is 16.8 Å². The van der Waals surface area contributed by atoms with E-state index in [1.807, 2.05) is 0 Å². The number of carbonyl (C=O) groups is 2. The number of aromatic nitrogens is 1. The van der Waals surface area contributed by atoms with Crippen LogP contribution in [0.15, 0.2) is 36.4 Å². The molecule has 0 spiro atoms. The number of nitrogens with one attached hydrogen (secondary N) is 2. The molecule has 0 fully saturated rings. The minimum atomic E-state index is -0.785. The van der Waals surface area contributed by atoms with Gasteiger partial charge in [-0.1, -0.05) is 23.7 Å². The van der Waals surface area contributed by atoms with Gasteiger partial charge >= 0.3 is 11.8 Å². The van der Waals surface area contributed by atoms with Crippen molar-refractivity contribution in [2.45, 2.75) is 13.8 Å². The Hall–Kier alpha value is -2.40. The third kappa shape index (κ3) is 3.79. The molecule has 0 radical (unpaired) electrons. The highest BCUT2D eigenvalue weighted by molar-refractivity contribution is 6.43. The second-order valence-corrected chi connectivity index (χ2v) is 4.89. The number of hydrogen-bond donors (Lipinski definition) is 2. The van der Waals surface area contributed by atoms with E-state index in [9.17, 15) is 9.59 Å². The Morgan fingerprint density at radius 1 is 1.00 bits per heavy atom. The maximum atomic E-state index is 11.9. The fourth-order valence-electron chi connectivity index (χ4n) is 1.71. The van der Waals surface area contributed by atoms with Crippen LogP contribution in [0.4, 0.5) is 11.5 Å². The first-order chi connectivity index (χ1) is 9.97. The molecule has 0 aliphatic rings. The SMILES string of the molecule is Cc1cccc(NC(=O)C(=O)Nc2cccc(Cl)c2C)n1. The predicted molar refractivity (Wildman–Crippen MR) is 82.4 cm³/mol. The molecule has 0 aliphatic carbocycles. The maximum Gasteiger partial charge on any atom is 0.315 e. The van der Waals surface area contributed by atoms with Crippen molar-refractivity contribution in [3.05, 3.63) is 52.7 Å². The zero-order valence-electron chi connectivity index (χ0n) is 11.6. The van der Waals surface area contributed by atoms with Gasteiger partial charge in [-0.3, -0.25) is 9.59 Å². The average molecular weight is 304 g/mol. The molecule has 1 heterocycles. The molecule has 0 bridgehead atoms. The summed E-state index contributed by atoms with van der Waals surface area (Å²) in [6.45, 7) is 3.56. The Morgan fingerprint density at radius 2 is 1.67 bits per heavy atom. The summed E-state index contributed by atoms with van der Waals surface area (Å²) in [5.41, 5.74) is 1.95. The van der Waals surface area contributed by atoms with Crippen molar-refractivity contribution in [2.24, 2.45) is 0 Å². The molecule has 0 saturated heterocycles. The molecular weight excluding hydrogens is 290 g/mol. The van der Waals surface area contributed by atoms with Gasteiger partial charge in [-0.05, 0) is 43.7 Å². The zero-order valence-corrected chi connectivity index (χ0v) is 12.4. The lowest BCUT2D eigenvalue weighted by molar-refractivity contribution is -0.133. The lowest BCUT2D eigenvalue weighted by Crippen LogP contribution is -2.29. The molecule has 2 N–H and O–H groups in total. The molecule has 21 heavy (non-hydrogen) atoms. The number of anilines is 2. The first-order valence-corrected chi connectivity index (χ1v) is 6.66. The molecule has 0 atom stereocenters. The van der Waals surface area contributed by atoms with Crippen LogP contribution < -0.4 is 10.6 Å². The zero-order chi connectivity index (χ0) is 15.4. The Balaban J connectivity index is 2.06. The number of nitrogens with zero attached hydrogens (tertiary/aromatic N) is 1. The molecule has 0 aliphatic heterocycles. The number of benzene rings is 1. The highest BCUT2D eigenvalue weighted by atomic mass is 35.5. The second-order valence-electron chi connectivity index (χ2n) is 4.48. The van der Waals surface area contributed by atoms with Gasteiger partial charge in [0.25, 0.3) is 0 Å². The number of aryl methyl sites for hydroxylation is 1. The Bertz CT molecular complexity index is 701. The van der Waals surface area contributed by atoms with Gasteiger partial charge in [-0.2, -0.15) is 0 Å². The number of rotatable bonds is 2. The molecule has 1 aromatic carbocycles. The summed E-state index contributed by atoms with van der Waals surface area (Å²) < 4.78 is 0. The predicted octanol–water partition coefficient (Wildman–Crippen LogP) is 2.93. The molecule has 2 amide bonds. The minimum Gasteiger partial charge on any atom is -0.317 e. The van der Waals surface area contributed by atoms with E-state index in [1.54, 1.807) is 50.2 Å². The normalized spacial score (nSPS) is 10.0. The van der Waals surface area contributed by atoms with Crippen LogP contribution in [0.25, 0.3) is 0 Å². The highest BCUT2D eigenvalue weighted by Gasteiger charge is 2.16. The van der Waals surface area contributed by atoms with Crippen LogP contribution in [0.3, 0.4) is 0 Å². The highest BCUT2D eigenvalue weighted by Crippen LogP contribution is 2.22. The van der Waals surface area contributed by atoms with Gasteiger partial charge in [-0.15, -0.1) is 0 Å². The van der Waals surface area contributed by atoms with E-state index < -0.39 is 11.8 Å². The Morgan fingerprint density at radius 3 is 2.38 bits per heavy atom. The van der Waals surface area contributed by atoms with Gasteiger partial charge in [0.2, 0.25) is 0 Å². The van der Waals surface area contributed by atoms with E-state index >= 15 is 0 Å². The van der Waals surface area contributed by atoms with E-state index in [0.717, 1.165) is 5.69 Å². The average Bonchev–Trinajstić information content (AvgIpc) is 2.44. The van der Waals surface area contributed by atoms with Gasteiger partial charge in [-0.25, -0.2) is 4.98 Å². The van der Waals surface area contributed by atoms with Crippen molar-refractivity contribution >= 4 is 34.9 Å². The number of amides is 2. The van der Waals surface area contributed by atoms with Crippen molar-refractivity contribution in [3.8, 4) is 0 Å². The van der Waals surface area contributed by atoms with Gasteiger partial charge < -0.3 is 10.6 Å². The summed E-state index contributed by atoms with van der Waals surface area (Å²) in [5.74, 6) is -1.23. The van der Waals surface area contributed by atoms with Crippen LogP contribution in [0.1, 0.15) is 11.3 Å². The van der Waals surface area contributed by atoms with E-state index in [4.69, 9.17) is 11.6 Å². The summed E-state index contributed by atoms with van der Waals surface area (Å²) in [5, 5.41) is 5.49. The topological polar surface area (TPSA) is 71.1 Å². The van der Waals surface area contributed by atoms with Gasteiger partial charge in [0, 0.05) is 16.4 Å². The van der Waals surface area contributed by atoms with Crippen molar-refractivity contribution in [1.29, 1.82) is 0 Å². The lowest BCUT2D eigenvalue weighted by atomic mass is 10.2. The van der Waals surface area contributed by atoms with Crippen LogP contribution in [-0.2, 0) is 9.59 Å². The van der Waals surface area contributed by atoms with E-state index in [2.05, 4.69) is 15.6 Å². The summed E-state index contributed by atoms with van der Waals surface area (Å²) in [6, 6.07) is 10.2. The minimum absolute atomic E-state index is 0.331. The molecule has 108 valence electrons. The van der Waals surface area contributed by atoms with Crippen molar-refractivity contribution in [2.75, 3.05) is 10.6 Å². The largest absolute Gasteiger partial charge is 0.317 e. The van der Waals surface area contributed by atoms with Crippen LogP contribution in [0, 0.1) is 13.8 Å². The fourth-order valence-corrected chi connectivity index (χ4v) is 1.88. The smallest absolute Gasteiger partial charge is 0.315 e. The lowest BCUT2D eigenvalue weighted by Gasteiger charge is -2.09. The molecule has 2 aromatic rings. The summed E-state index contributed by atoms with van der Waals surface area (Å²) in [6.07, 6.45) is 0. The number of hydrogen-bond acceptors (Lipinski definition) is 3. The first-order valence-electron chi connectivity index (χ1n) is 6.28. The van der Waals surface area contributed by atoms with E-state index in [-0.39, 0.29) is 0 Å². The molecule has 2 rings (SSSR count). The maximum absolute atomic E-state index is 11.9. The first kappa shape index (κ1) is 15.0.